The van der Waals surface area contributed by atoms with Gasteiger partial charge in [0.05, 0.1) is 9.82 Å². The molecule has 0 saturated carbocycles. The van der Waals surface area contributed by atoms with Crippen LogP contribution in [0, 0.1) is 17.0 Å². The van der Waals surface area contributed by atoms with Gasteiger partial charge in [-0.15, -0.1) is 0 Å². The van der Waals surface area contributed by atoms with Gasteiger partial charge < -0.3 is 10.6 Å². The van der Waals surface area contributed by atoms with Crippen molar-refractivity contribution in [2.24, 2.45) is 0 Å². The average molecular weight is 478 g/mol. The van der Waals surface area contributed by atoms with Crippen molar-refractivity contribution < 1.29 is 13.3 Å². The molecule has 2 aromatic heterocycles. The van der Waals surface area contributed by atoms with E-state index in [1.807, 2.05) is 19.1 Å². The van der Waals surface area contributed by atoms with Crippen molar-refractivity contribution in [3.8, 4) is 0 Å². The van der Waals surface area contributed by atoms with E-state index in [-0.39, 0.29) is 10.6 Å². The Bertz CT molecular complexity index is 1440. The first-order chi connectivity index (χ1) is 16.3. The summed E-state index contributed by atoms with van der Waals surface area (Å²) in [4.78, 5) is 22.7. The van der Waals surface area contributed by atoms with Crippen LogP contribution in [0.15, 0.2) is 84.1 Å². The highest BCUT2D eigenvalue weighted by Gasteiger charge is 2.17. The number of nitrogens with one attached hydrogen (secondary N) is 3. The molecule has 172 valence electrons. The van der Waals surface area contributed by atoms with Gasteiger partial charge in [0.1, 0.15) is 23.8 Å². The van der Waals surface area contributed by atoms with Gasteiger partial charge in [0, 0.05) is 35.8 Å². The number of benzene rings is 2. The Balaban J connectivity index is 1.44. The van der Waals surface area contributed by atoms with Crippen LogP contribution in [0.2, 0.25) is 0 Å². The molecule has 0 aliphatic heterocycles. The molecule has 0 fully saturated rings. The van der Waals surface area contributed by atoms with E-state index in [9.17, 15) is 18.5 Å². The van der Waals surface area contributed by atoms with E-state index in [1.54, 1.807) is 36.5 Å². The zero-order chi connectivity index (χ0) is 24.1. The molecule has 34 heavy (non-hydrogen) atoms. The lowest BCUT2D eigenvalue weighted by molar-refractivity contribution is -0.385. The van der Waals surface area contributed by atoms with E-state index >= 15 is 0 Å². The minimum atomic E-state index is -3.99. The highest BCUT2D eigenvalue weighted by Crippen LogP contribution is 2.23. The summed E-state index contributed by atoms with van der Waals surface area (Å²) in [6.45, 7) is 1.97. The Hall–Kier alpha value is -4.58. The SMILES string of the molecule is Cc1ccnc(Nc2cc(Nc3ccc(NS(=O)(=O)c4cccc([N+](=O)[O-])c4)cc3)ncn2)c1. The zero-order valence-corrected chi connectivity index (χ0v) is 18.7. The smallest absolute Gasteiger partial charge is 0.270 e. The van der Waals surface area contributed by atoms with E-state index in [1.165, 1.54) is 24.5 Å². The van der Waals surface area contributed by atoms with Gasteiger partial charge in [-0.3, -0.25) is 14.8 Å². The summed E-state index contributed by atoms with van der Waals surface area (Å²) in [5, 5.41) is 17.1. The van der Waals surface area contributed by atoms with Crippen LogP contribution in [-0.4, -0.2) is 28.3 Å². The number of nitro groups is 1. The molecular formula is C22H19N7O4S. The molecule has 4 rings (SSSR count). The topological polar surface area (TPSA) is 152 Å². The molecule has 2 heterocycles. The molecule has 0 bridgehead atoms. The number of pyridine rings is 1. The van der Waals surface area contributed by atoms with Gasteiger partial charge in [0.25, 0.3) is 15.7 Å². The highest BCUT2D eigenvalue weighted by molar-refractivity contribution is 7.92. The molecule has 0 unspecified atom stereocenters. The first-order valence-corrected chi connectivity index (χ1v) is 11.4. The minimum absolute atomic E-state index is 0.201. The molecular weight excluding hydrogens is 458 g/mol. The molecule has 4 aromatic rings. The van der Waals surface area contributed by atoms with Crippen LogP contribution in [0.3, 0.4) is 0 Å². The van der Waals surface area contributed by atoms with Gasteiger partial charge in [-0.2, -0.15) is 0 Å². The Kier molecular flexibility index (Phi) is 6.32. The number of nitrogens with zero attached hydrogens (tertiary/aromatic N) is 4. The van der Waals surface area contributed by atoms with Gasteiger partial charge in [0.15, 0.2) is 0 Å². The monoisotopic (exact) mass is 477 g/mol. The largest absolute Gasteiger partial charge is 0.340 e. The number of aromatic nitrogens is 3. The molecule has 0 spiro atoms. The fourth-order valence-corrected chi connectivity index (χ4v) is 4.08. The Morgan fingerprint density at radius 2 is 1.50 bits per heavy atom. The van der Waals surface area contributed by atoms with Crippen LogP contribution in [0.5, 0.6) is 0 Å². The average Bonchev–Trinajstić information content (AvgIpc) is 2.80. The van der Waals surface area contributed by atoms with Crippen molar-refractivity contribution in [1.82, 2.24) is 15.0 Å². The quantitative estimate of drug-likeness (QED) is 0.248. The van der Waals surface area contributed by atoms with Crippen molar-refractivity contribution in [3.05, 3.63) is 94.9 Å². The van der Waals surface area contributed by atoms with Crippen molar-refractivity contribution in [2.75, 3.05) is 15.4 Å². The number of non-ortho nitro benzene ring substituents is 1. The zero-order valence-electron chi connectivity index (χ0n) is 17.8. The normalized spacial score (nSPS) is 11.0. The lowest BCUT2D eigenvalue weighted by Crippen LogP contribution is -2.13. The lowest BCUT2D eigenvalue weighted by Gasteiger charge is -2.11. The summed E-state index contributed by atoms with van der Waals surface area (Å²) in [7, 11) is -3.99. The molecule has 3 N–H and O–H groups in total. The molecule has 0 aliphatic carbocycles. The second-order valence-corrected chi connectivity index (χ2v) is 8.88. The van der Waals surface area contributed by atoms with Crippen LogP contribution in [0.1, 0.15) is 5.56 Å². The van der Waals surface area contributed by atoms with Gasteiger partial charge in [0.2, 0.25) is 0 Å². The molecule has 0 radical (unpaired) electrons. The van der Waals surface area contributed by atoms with Crippen molar-refractivity contribution in [2.45, 2.75) is 11.8 Å². The molecule has 2 aromatic carbocycles. The number of sulfonamides is 1. The second-order valence-electron chi connectivity index (χ2n) is 7.19. The molecule has 11 nitrogen and oxygen atoms in total. The summed E-state index contributed by atoms with van der Waals surface area (Å²) in [6.07, 6.45) is 3.11. The Morgan fingerprint density at radius 3 is 2.21 bits per heavy atom. The fraction of sp³-hybridized carbons (Fsp3) is 0.0455. The second kappa shape index (κ2) is 9.50. The van der Waals surface area contributed by atoms with Gasteiger partial charge in [-0.1, -0.05) is 6.07 Å². The van der Waals surface area contributed by atoms with E-state index in [0.29, 0.717) is 28.8 Å². The van der Waals surface area contributed by atoms with Crippen LogP contribution in [0.4, 0.5) is 34.5 Å². The maximum atomic E-state index is 12.6. The summed E-state index contributed by atoms with van der Waals surface area (Å²) >= 11 is 0. The van der Waals surface area contributed by atoms with E-state index in [4.69, 9.17) is 0 Å². The van der Waals surface area contributed by atoms with Gasteiger partial charge in [-0.25, -0.2) is 23.4 Å². The summed E-state index contributed by atoms with van der Waals surface area (Å²) < 4.78 is 27.6. The van der Waals surface area contributed by atoms with Crippen LogP contribution >= 0.6 is 0 Å². The number of hydrogen-bond acceptors (Lipinski definition) is 9. The fourth-order valence-electron chi connectivity index (χ4n) is 2.98. The van der Waals surface area contributed by atoms with Crippen molar-refractivity contribution in [3.63, 3.8) is 0 Å². The predicted molar refractivity (Wildman–Crippen MR) is 128 cm³/mol. The summed E-state index contributed by atoms with van der Waals surface area (Å²) in [5.74, 6) is 1.73. The first kappa shape index (κ1) is 22.6. The van der Waals surface area contributed by atoms with Gasteiger partial charge >= 0.3 is 0 Å². The number of aryl methyl sites for hydroxylation is 1. The highest BCUT2D eigenvalue weighted by atomic mass is 32.2. The lowest BCUT2D eigenvalue weighted by atomic mass is 10.3. The third kappa shape index (κ3) is 5.61. The standard InChI is InChI=1S/C22H19N7O4S/c1-15-9-10-23-20(11-15)27-22-13-21(24-14-25-22)26-16-5-7-17(8-6-16)28-34(32,33)19-4-2-3-18(12-19)29(30)31/h2-14,28H,1H3,(H2,23,24,25,26,27). The number of rotatable bonds is 8. The Morgan fingerprint density at radius 1 is 0.824 bits per heavy atom. The van der Waals surface area contributed by atoms with Gasteiger partial charge in [-0.05, 0) is 55.0 Å². The summed E-state index contributed by atoms with van der Waals surface area (Å²) in [6, 6.07) is 16.8. The first-order valence-electron chi connectivity index (χ1n) is 9.95. The molecule has 0 saturated heterocycles. The number of nitro benzene ring substituents is 1. The van der Waals surface area contributed by atoms with Crippen LogP contribution < -0.4 is 15.4 Å². The molecule has 12 heteroatoms. The van der Waals surface area contributed by atoms with Crippen molar-refractivity contribution in [1.29, 1.82) is 0 Å². The third-order valence-corrected chi connectivity index (χ3v) is 5.97. The maximum absolute atomic E-state index is 12.6. The molecule has 0 atom stereocenters. The van der Waals surface area contributed by atoms with Crippen molar-refractivity contribution >= 4 is 44.5 Å². The maximum Gasteiger partial charge on any atom is 0.270 e. The van der Waals surface area contributed by atoms with Crippen LogP contribution in [0.25, 0.3) is 0 Å². The van der Waals surface area contributed by atoms with E-state index in [2.05, 4.69) is 30.3 Å². The molecule has 0 amide bonds. The van der Waals surface area contributed by atoms with E-state index in [0.717, 1.165) is 11.6 Å². The summed E-state index contributed by atoms with van der Waals surface area (Å²) in [5.41, 5.74) is 1.72. The molecule has 0 aliphatic rings. The minimum Gasteiger partial charge on any atom is -0.340 e. The number of anilines is 5. The number of hydrogen-bond donors (Lipinski definition) is 3. The van der Waals surface area contributed by atoms with E-state index < -0.39 is 14.9 Å². The predicted octanol–water partition coefficient (Wildman–Crippen LogP) is 4.38. The third-order valence-electron chi connectivity index (χ3n) is 4.59. The van der Waals surface area contributed by atoms with Crippen LogP contribution in [-0.2, 0) is 10.0 Å². The Labute approximate surface area is 195 Å².